The van der Waals surface area contributed by atoms with E-state index in [2.05, 4.69) is 16.0 Å². The molecule has 0 radical (unpaired) electrons. The zero-order valence-corrected chi connectivity index (χ0v) is 26.1. The van der Waals surface area contributed by atoms with Crippen LogP contribution < -0.4 is 16.0 Å². The molecule has 0 bridgehead atoms. The maximum Gasteiger partial charge on any atom is 0.260 e. The molecule has 3 amide bonds. The average Bonchev–Trinajstić information content (AvgIpc) is 3.36. The highest BCUT2D eigenvalue weighted by Gasteiger charge is 2.50. The monoisotopic (exact) mass is 632 g/mol. The second-order valence-corrected chi connectivity index (χ2v) is 11.8. The van der Waals surface area contributed by atoms with Crippen LogP contribution in [-0.2, 0) is 29.4 Å². The smallest absolute Gasteiger partial charge is 0.260 e. The van der Waals surface area contributed by atoms with Crippen LogP contribution in [0.4, 0.5) is 11.4 Å². The number of hydrogen-bond donors (Lipinski definition) is 2. The Morgan fingerprint density at radius 1 is 1.02 bits per heavy atom. The van der Waals surface area contributed by atoms with E-state index in [0.29, 0.717) is 51.8 Å². The number of hydrogen-bond acceptors (Lipinski definition) is 4. The Kier molecular flexibility index (Phi) is 9.44. The largest absolute Gasteiger partial charge is 0.370 e. The van der Waals surface area contributed by atoms with Crippen molar-refractivity contribution in [1.29, 1.82) is 0 Å². The maximum absolute atomic E-state index is 14.5. The molecule has 8 nitrogen and oxygen atoms in total. The number of benzene rings is 3. The summed E-state index contributed by atoms with van der Waals surface area (Å²) in [5.41, 5.74) is 8.29. The quantitative estimate of drug-likeness (QED) is 0.215. The van der Waals surface area contributed by atoms with Gasteiger partial charge in [0.25, 0.3) is 11.8 Å². The first-order valence-electron chi connectivity index (χ1n) is 14.4. The van der Waals surface area contributed by atoms with Crippen molar-refractivity contribution in [3.8, 4) is 0 Å². The lowest BCUT2D eigenvalue weighted by Crippen LogP contribution is -2.59. The van der Waals surface area contributed by atoms with Gasteiger partial charge in [-0.05, 0) is 98.0 Å². The van der Waals surface area contributed by atoms with E-state index in [1.54, 1.807) is 65.6 Å². The van der Waals surface area contributed by atoms with Gasteiger partial charge in [0.2, 0.25) is 5.91 Å². The van der Waals surface area contributed by atoms with Crippen LogP contribution in [0.2, 0.25) is 10.0 Å². The summed E-state index contributed by atoms with van der Waals surface area (Å²) in [6.07, 6.45) is 4.45. The molecule has 0 aliphatic carbocycles. The third-order valence-electron chi connectivity index (χ3n) is 8.35. The number of carbonyl (C=O) groups is 3. The minimum atomic E-state index is -1.36. The molecule has 0 fully saturated rings. The third-order valence-corrected chi connectivity index (χ3v) is 8.92. The van der Waals surface area contributed by atoms with E-state index in [-0.39, 0.29) is 24.2 Å². The van der Waals surface area contributed by atoms with Gasteiger partial charge in [-0.3, -0.25) is 19.3 Å². The Morgan fingerprint density at radius 3 is 2.43 bits per heavy atom. The number of nitrogens with zero attached hydrogens (tertiary/aromatic N) is 2. The molecule has 3 aromatic carbocycles. The summed E-state index contributed by atoms with van der Waals surface area (Å²) in [4.78, 5) is 41.6. The van der Waals surface area contributed by atoms with Crippen molar-refractivity contribution in [1.82, 2.24) is 4.57 Å². The minimum absolute atomic E-state index is 0.193. The van der Waals surface area contributed by atoms with E-state index in [9.17, 15) is 14.4 Å². The summed E-state index contributed by atoms with van der Waals surface area (Å²) in [6, 6.07) is 22.8. The number of nitrogens with one attached hydrogen (secondary N) is 1. The molecule has 2 heterocycles. The molecule has 2 atom stereocenters. The van der Waals surface area contributed by atoms with Gasteiger partial charge >= 0.3 is 0 Å². The number of carbonyl (C=O) groups excluding carboxylic acids is 3. The molecule has 1 aromatic heterocycles. The number of nitrogens with two attached hydrogens (primary N) is 1. The Labute approximate surface area is 266 Å². The Balaban J connectivity index is 1.52. The number of aryl methyl sites for hydroxylation is 3. The molecular weight excluding hydrogens is 599 g/mol. The molecule has 2 unspecified atom stereocenters. The lowest BCUT2D eigenvalue weighted by atomic mass is 9.83. The molecule has 1 aliphatic rings. The van der Waals surface area contributed by atoms with Crippen LogP contribution in [0.5, 0.6) is 0 Å². The normalized spacial score (nSPS) is 17.9. The van der Waals surface area contributed by atoms with Crippen LogP contribution in [0.3, 0.4) is 0 Å². The lowest BCUT2D eigenvalue weighted by Gasteiger charge is -2.46. The number of halogens is 2. The van der Waals surface area contributed by atoms with Crippen molar-refractivity contribution >= 4 is 52.3 Å². The molecule has 1 aliphatic heterocycles. The average molecular weight is 634 g/mol. The number of anilines is 2. The van der Waals surface area contributed by atoms with Crippen molar-refractivity contribution < 1.29 is 19.1 Å². The van der Waals surface area contributed by atoms with Gasteiger partial charge < -0.3 is 20.4 Å². The van der Waals surface area contributed by atoms with Crippen molar-refractivity contribution in [3.05, 3.63) is 117 Å². The van der Waals surface area contributed by atoms with E-state index >= 15 is 0 Å². The van der Waals surface area contributed by atoms with Crippen molar-refractivity contribution in [2.24, 2.45) is 18.7 Å². The van der Waals surface area contributed by atoms with Gasteiger partial charge in [-0.1, -0.05) is 35.3 Å². The fourth-order valence-corrected chi connectivity index (χ4v) is 6.53. The van der Waals surface area contributed by atoms with Crippen LogP contribution >= 0.6 is 23.2 Å². The van der Waals surface area contributed by atoms with Crippen molar-refractivity contribution in [3.63, 3.8) is 0 Å². The second-order valence-electron chi connectivity index (χ2n) is 11.0. The molecule has 10 heteroatoms. The molecule has 0 saturated heterocycles. The summed E-state index contributed by atoms with van der Waals surface area (Å²) in [6.45, 7) is 0. The first-order valence-corrected chi connectivity index (χ1v) is 15.1. The molecule has 44 heavy (non-hydrogen) atoms. The van der Waals surface area contributed by atoms with E-state index in [0.717, 1.165) is 17.7 Å². The van der Waals surface area contributed by atoms with E-state index in [1.165, 1.54) is 7.11 Å². The summed E-state index contributed by atoms with van der Waals surface area (Å²) in [5, 5.41) is 3.71. The number of fused-ring (bicyclic) bond motifs is 1. The summed E-state index contributed by atoms with van der Waals surface area (Å²) >= 11 is 12.6. The summed E-state index contributed by atoms with van der Waals surface area (Å²) < 4.78 is 8.31. The lowest BCUT2D eigenvalue weighted by molar-refractivity contribution is -0.128. The van der Waals surface area contributed by atoms with Crippen LogP contribution in [0.1, 0.15) is 51.2 Å². The van der Waals surface area contributed by atoms with Crippen molar-refractivity contribution in [2.45, 2.75) is 37.8 Å². The Hall–Kier alpha value is -4.11. The fourth-order valence-electron chi connectivity index (χ4n) is 6.12. The van der Waals surface area contributed by atoms with E-state index in [4.69, 9.17) is 33.7 Å². The Morgan fingerprint density at radius 2 is 1.77 bits per heavy atom. The number of aromatic nitrogens is 1. The number of ether oxygens (including phenoxy) is 1. The molecule has 0 spiro atoms. The first kappa shape index (κ1) is 31.3. The predicted molar refractivity (Wildman–Crippen MR) is 173 cm³/mol. The molecule has 4 aromatic rings. The van der Waals surface area contributed by atoms with Gasteiger partial charge in [-0.25, -0.2) is 0 Å². The molecule has 3 N–H and O–H groups in total. The first-order chi connectivity index (χ1) is 21.1. The number of rotatable bonds is 9. The summed E-state index contributed by atoms with van der Waals surface area (Å²) in [5.74, 6) is -1.55. The molecule has 228 valence electrons. The number of methoxy groups -OCH3 is 1. The van der Waals surface area contributed by atoms with Crippen molar-refractivity contribution in [2.75, 3.05) is 17.3 Å². The Bertz CT molecular complexity index is 1690. The topological polar surface area (TPSA) is 107 Å². The third kappa shape index (κ3) is 6.38. The zero-order chi connectivity index (χ0) is 31.4. The number of primary amides is 1. The van der Waals surface area contributed by atoms with Gasteiger partial charge in [0.1, 0.15) is 0 Å². The molecule has 5 rings (SSSR count). The summed E-state index contributed by atoms with van der Waals surface area (Å²) in [7, 11) is 3.51. The van der Waals surface area contributed by atoms with Crippen LogP contribution in [0.25, 0.3) is 0 Å². The minimum Gasteiger partial charge on any atom is -0.370 e. The SMILES string of the molecule is COC1(CC(N)=O)C(CCc2cccn2C)CCc2cc(Cl)ccc2N1C(=O)c1ccc(NC(=O)c2ccccc2Cl)cc1. The molecule has 0 saturated carbocycles. The molecular formula is C34H34Cl2N4O4. The highest BCUT2D eigenvalue weighted by Crippen LogP contribution is 2.45. The van der Waals surface area contributed by atoms with Gasteiger partial charge in [0.15, 0.2) is 5.72 Å². The predicted octanol–water partition coefficient (Wildman–Crippen LogP) is 6.64. The standard InChI is InChI=1S/C34H34Cl2N4O4/c1-39-19-5-6-27(39)17-13-24-12-9-23-20-25(35)14-18-30(23)40(34(24,44-2)21-31(37)41)33(43)22-10-15-26(16-11-22)38-32(42)28-7-3-4-8-29(28)36/h3-8,10-11,14-16,18-20,24H,9,12-13,17,21H2,1-2H3,(H2,37,41)(H,38,42). The number of amides is 3. The van der Waals surface area contributed by atoms with Gasteiger partial charge in [-0.15, -0.1) is 0 Å². The highest BCUT2D eigenvalue weighted by molar-refractivity contribution is 6.34. The van der Waals surface area contributed by atoms with Gasteiger partial charge in [0.05, 0.1) is 22.7 Å². The van der Waals surface area contributed by atoms with Crippen LogP contribution in [0, 0.1) is 5.92 Å². The van der Waals surface area contributed by atoms with Crippen LogP contribution in [0.15, 0.2) is 85.1 Å². The van der Waals surface area contributed by atoms with E-state index in [1.807, 2.05) is 25.4 Å². The van der Waals surface area contributed by atoms with Gasteiger partial charge in [0, 0.05) is 48.2 Å². The fraction of sp³-hybridized carbons (Fsp3) is 0.265. The van der Waals surface area contributed by atoms with E-state index < -0.39 is 11.6 Å². The second kappa shape index (κ2) is 13.3. The van der Waals surface area contributed by atoms with Gasteiger partial charge in [-0.2, -0.15) is 0 Å². The maximum atomic E-state index is 14.5. The zero-order valence-electron chi connectivity index (χ0n) is 24.6. The highest BCUT2D eigenvalue weighted by atomic mass is 35.5. The van der Waals surface area contributed by atoms with Crippen LogP contribution in [-0.4, -0.2) is 35.1 Å².